The molecule has 5 heteroatoms. The number of carbonyl (C=O) groups excluding carboxylic acids is 1. The number of phenolic OH excluding ortho intramolecular Hbond substituents is 1. The second-order valence-corrected chi connectivity index (χ2v) is 10.0. The van der Waals surface area contributed by atoms with Gasteiger partial charge in [-0.15, -0.1) is 0 Å². The number of rotatable bonds is 2. The van der Waals surface area contributed by atoms with Crippen LogP contribution in [0.5, 0.6) is 11.5 Å². The van der Waals surface area contributed by atoms with E-state index in [1.54, 1.807) is 12.1 Å². The van der Waals surface area contributed by atoms with E-state index < -0.39 is 0 Å². The first-order valence-electron chi connectivity index (χ1n) is 10.4. The van der Waals surface area contributed by atoms with Crippen LogP contribution in [0.3, 0.4) is 0 Å². The Balaban J connectivity index is 1.80. The quantitative estimate of drug-likeness (QED) is 0.434. The summed E-state index contributed by atoms with van der Waals surface area (Å²) in [5, 5.41) is 16.1. The molecule has 1 aliphatic heterocycles. The molecule has 0 bridgehead atoms. The Kier molecular flexibility index (Phi) is 4.63. The average Bonchev–Trinajstić information content (AvgIpc) is 2.72. The molecule has 1 atom stereocenters. The molecular formula is C26H24BrNO3. The summed E-state index contributed by atoms with van der Waals surface area (Å²) in [5.74, 6) is 0.613. The number of hydrogen-bond acceptors (Lipinski definition) is 4. The lowest BCUT2D eigenvalue weighted by Crippen LogP contribution is -2.33. The van der Waals surface area contributed by atoms with Gasteiger partial charge in [0.1, 0.15) is 0 Å². The highest BCUT2D eigenvalue weighted by Crippen LogP contribution is 2.53. The number of allylic oxidation sites excluding steroid dienone is 1. The molecule has 3 aromatic rings. The van der Waals surface area contributed by atoms with Crippen molar-refractivity contribution >= 4 is 43.7 Å². The molecule has 3 aromatic carbocycles. The Morgan fingerprint density at radius 1 is 1.13 bits per heavy atom. The predicted molar refractivity (Wildman–Crippen MR) is 128 cm³/mol. The molecule has 2 N–H and O–H groups in total. The number of hydrogen-bond donors (Lipinski definition) is 2. The maximum absolute atomic E-state index is 13.5. The standard InChI is InChI=1S/C26H24BrNO3/c1-26(2)12-17-23-15-7-5-4-6-14(15)8-9-19(23)28-25(24(17)21(30)13-26)16-10-22(31-3)20(29)11-18(16)27/h4-11,25,28-29H,12-13H2,1-3H3/t25-/m0/s1. The van der Waals surface area contributed by atoms with E-state index in [1.165, 1.54) is 7.11 Å². The molecule has 0 saturated heterocycles. The van der Waals surface area contributed by atoms with Gasteiger partial charge < -0.3 is 15.2 Å². The van der Waals surface area contributed by atoms with E-state index in [-0.39, 0.29) is 23.0 Å². The van der Waals surface area contributed by atoms with Gasteiger partial charge in [-0.05, 0) is 51.9 Å². The number of ketones is 1. The fourth-order valence-corrected chi connectivity index (χ4v) is 5.57. The molecule has 0 spiro atoms. The van der Waals surface area contributed by atoms with E-state index in [0.29, 0.717) is 12.2 Å². The predicted octanol–water partition coefficient (Wildman–Crippen LogP) is 6.63. The van der Waals surface area contributed by atoms with Crippen molar-refractivity contribution in [2.75, 3.05) is 12.4 Å². The third-order valence-corrected chi connectivity index (χ3v) is 7.04. The molecule has 1 aliphatic carbocycles. The van der Waals surface area contributed by atoms with Gasteiger partial charge in [0.25, 0.3) is 0 Å². The third-order valence-electron chi connectivity index (χ3n) is 6.35. The number of aromatic hydroxyl groups is 1. The van der Waals surface area contributed by atoms with E-state index in [2.05, 4.69) is 59.4 Å². The lowest BCUT2D eigenvalue weighted by atomic mass is 9.68. The third kappa shape index (κ3) is 3.23. The highest BCUT2D eigenvalue weighted by Gasteiger charge is 2.41. The minimum absolute atomic E-state index is 0.0608. The summed E-state index contributed by atoms with van der Waals surface area (Å²) in [5.41, 5.74) is 4.86. The molecule has 31 heavy (non-hydrogen) atoms. The molecule has 0 unspecified atom stereocenters. The van der Waals surface area contributed by atoms with Crippen molar-refractivity contribution in [3.63, 3.8) is 0 Å². The Morgan fingerprint density at radius 3 is 2.68 bits per heavy atom. The maximum atomic E-state index is 13.5. The summed E-state index contributed by atoms with van der Waals surface area (Å²) in [6.07, 6.45) is 1.34. The SMILES string of the molecule is COc1cc([C@@H]2Nc3ccc4ccccc4c3C3=C2C(=O)CC(C)(C)C3)c(Br)cc1O. The van der Waals surface area contributed by atoms with E-state index in [4.69, 9.17) is 4.74 Å². The summed E-state index contributed by atoms with van der Waals surface area (Å²) in [6, 6.07) is 15.7. The number of carbonyl (C=O) groups is 1. The van der Waals surface area contributed by atoms with Gasteiger partial charge in [-0.3, -0.25) is 4.79 Å². The van der Waals surface area contributed by atoms with Gasteiger partial charge in [-0.2, -0.15) is 0 Å². The molecular weight excluding hydrogens is 454 g/mol. The second kappa shape index (κ2) is 7.13. The van der Waals surface area contributed by atoms with Gasteiger partial charge in [0, 0.05) is 27.7 Å². The van der Waals surface area contributed by atoms with Gasteiger partial charge in [0.05, 0.1) is 13.2 Å². The van der Waals surface area contributed by atoms with Crippen molar-refractivity contribution in [1.29, 1.82) is 0 Å². The number of halogens is 1. The van der Waals surface area contributed by atoms with Crippen molar-refractivity contribution in [2.24, 2.45) is 5.41 Å². The van der Waals surface area contributed by atoms with Gasteiger partial charge in [-0.25, -0.2) is 0 Å². The first-order chi connectivity index (χ1) is 14.8. The van der Waals surface area contributed by atoms with E-state index in [9.17, 15) is 9.90 Å². The van der Waals surface area contributed by atoms with Gasteiger partial charge >= 0.3 is 0 Å². The summed E-state index contributed by atoms with van der Waals surface area (Å²) in [6.45, 7) is 4.33. The van der Waals surface area contributed by atoms with Gasteiger partial charge in [-0.1, -0.05) is 60.1 Å². The molecule has 158 valence electrons. The van der Waals surface area contributed by atoms with Crippen molar-refractivity contribution in [1.82, 2.24) is 0 Å². The largest absolute Gasteiger partial charge is 0.504 e. The number of anilines is 1. The molecule has 0 amide bonds. The van der Waals surface area contributed by atoms with Crippen LogP contribution in [0.25, 0.3) is 16.3 Å². The number of benzene rings is 3. The van der Waals surface area contributed by atoms with Crippen molar-refractivity contribution < 1.29 is 14.6 Å². The highest BCUT2D eigenvalue weighted by atomic mass is 79.9. The maximum Gasteiger partial charge on any atom is 0.162 e. The molecule has 4 nitrogen and oxygen atoms in total. The summed E-state index contributed by atoms with van der Waals surface area (Å²) >= 11 is 3.60. The number of ether oxygens (including phenoxy) is 1. The van der Waals surface area contributed by atoms with Crippen LogP contribution in [0.2, 0.25) is 0 Å². The van der Waals surface area contributed by atoms with Crippen LogP contribution < -0.4 is 10.1 Å². The summed E-state index contributed by atoms with van der Waals surface area (Å²) in [4.78, 5) is 13.5. The van der Waals surface area contributed by atoms with Crippen LogP contribution in [0.15, 0.2) is 58.6 Å². The molecule has 0 saturated carbocycles. The summed E-state index contributed by atoms with van der Waals surface area (Å²) < 4.78 is 6.09. The molecule has 0 fully saturated rings. The van der Waals surface area contributed by atoms with Crippen LogP contribution >= 0.6 is 15.9 Å². The van der Waals surface area contributed by atoms with Crippen LogP contribution in [0, 0.1) is 5.41 Å². The number of nitrogens with one attached hydrogen (secondary N) is 1. The van der Waals surface area contributed by atoms with Crippen molar-refractivity contribution in [3.05, 3.63) is 69.7 Å². The topological polar surface area (TPSA) is 58.6 Å². The Bertz CT molecular complexity index is 1280. The van der Waals surface area contributed by atoms with Crippen molar-refractivity contribution in [2.45, 2.75) is 32.7 Å². The minimum atomic E-state index is -0.323. The normalized spacial score (nSPS) is 19.6. The smallest absolute Gasteiger partial charge is 0.162 e. The first-order valence-corrected chi connectivity index (χ1v) is 11.2. The van der Waals surface area contributed by atoms with Gasteiger partial charge in [0.15, 0.2) is 17.3 Å². The highest BCUT2D eigenvalue weighted by molar-refractivity contribution is 9.10. The van der Waals surface area contributed by atoms with E-state index in [0.717, 1.165) is 49.6 Å². The Hall–Kier alpha value is -2.79. The van der Waals surface area contributed by atoms with E-state index in [1.807, 2.05) is 12.1 Å². The second-order valence-electron chi connectivity index (χ2n) is 9.17. The Labute approximate surface area is 190 Å². The van der Waals surface area contributed by atoms with Crippen molar-refractivity contribution in [3.8, 4) is 11.5 Å². The number of Topliss-reactive ketones (excluding diaryl/α,β-unsaturated/α-hetero) is 1. The lowest BCUT2D eigenvalue weighted by Gasteiger charge is -2.40. The zero-order valence-electron chi connectivity index (χ0n) is 17.8. The number of phenols is 1. The zero-order chi connectivity index (χ0) is 21.9. The first kappa shape index (κ1) is 20.1. The molecule has 1 heterocycles. The van der Waals surface area contributed by atoms with Crippen LogP contribution in [-0.2, 0) is 4.79 Å². The molecule has 2 aliphatic rings. The summed E-state index contributed by atoms with van der Waals surface area (Å²) in [7, 11) is 1.53. The average molecular weight is 478 g/mol. The van der Waals surface area contributed by atoms with Crippen LogP contribution in [0.4, 0.5) is 5.69 Å². The molecule has 5 rings (SSSR count). The van der Waals surface area contributed by atoms with Crippen LogP contribution in [0.1, 0.15) is 43.9 Å². The van der Waals surface area contributed by atoms with Crippen LogP contribution in [-0.4, -0.2) is 18.0 Å². The molecule has 0 aromatic heterocycles. The lowest BCUT2D eigenvalue weighted by molar-refractivity contribution is -0.118. The van der Waals surface area contributed by atoms with E-state index >= 15 is 0 Å². The number of fused-ring (bicyclic) bond motifs is 4. The molecule has 0 radical (unpaired) electrons. The minimum Gasteiger partial charge on any atom is -0.504 e. The Morgan fingerprint density at radius 2 is 1.90 bits per heavy atom. The monoisotopic (exact) mass is 477 g/mol. The number of methoxy groups -OCH3 is 1. The fourth-order valence-electron chi connectivity index (χ4n) is 5.01. The zero-order valence-corrected chi connectivity index (χ0v) is 19.3. The van der Waals surface area contributed by atoms with Gasteiger partial charge in [0.2, 0.25) is 0 Å². The fraction of sp³-hybridized carbons (Fsp3) is 0.269.